The van der Waals surface area contributed by atoms with Crippen LogP contribution in [0.2, 0.25) is 0 Å². The van der Waals surface area contributed by atoms with Gasteiger partial charge in [0.25, 0.3) is 0 Å². The Morgan fingerprint density at radius 2 is 2.38 bits per heavy atom. The molecule has 0 N–H and O–H groups in total. The molecule has 0 amide bonds. The van der Waals surface area contributed by atoms with Gasteiger partial charge in [-0.05, 0) is 53.5 Å². The molecule has 0 atom stereocenters. The lowest BCUT2D eigenvalue weighted by atomic mass is 10.2. The van der Waals surface area contributed by atoms with E-state index in [1.54, 1.807) is 0 Å². The second-order valence-corrected chi connectivity index (χ2v) is 4.28. The van der Waals surface area contributed by atoms with Crippen LogP contribution in [0.15, 0.2) is 12.3 Å². The van der Waals surface area contributed by atoms with E-state index in [1.165, 1.54) is 18.4 Å². The molecule has 0 bridgehead atoms. The van der Waals surface area contributed by atoms with Crippen LogP contribution in [0.3, 0.4) is 0 Å². The molecule has 1 fully saturated rings. The second kappa shape index (κ2) is 3.82. The van der Waals surface area contributed by atoms with Gasteiger partial charge in [0.15, 0.2) is 5.75 Å². The Kier molecular flexibility index (Phi) is 2.71. The minimum absolute atomic E-state index is 0.461. The normalized spacial score (nSPS) is 15.8. The lowest BCUT2D eigenvalue weighted by Gasteiger charge is -2.10. The molecule has 2 nitrogen and oxygen atoms in total. The summed E-state index contributed by atoms with van der Waals surface area (Å²) in [6.07, 6.45) is 5.73. The van der Waals surface area contributed by atoms with E-state index in [4.69, 9.17) is 4.74 Å². The van der Waals surface area contributed by atoms with Crippen LogP contribution >= 0.6 is 22.6 Å². The Bertz CT molecular complexity index is 310. The molecule has 1 aromatic rings. The van der Waals surface area contributed by atoms with Crippen molar-refractivity contribution in [2.45, 2.75) is 32.3 Å². The van der Waals surface area contributed by atoms with Gasteiger partial charge in [-0.3, -0.25) is 0 Å². The molecule has 0 spiro atoms. The first-order valence-corrected chi connectivity index (χ1v) is 5.69. The van der Waals surface area contributed by atoms with Crippen molar-refractivity contribution < 1.29 is 4.74 Å². The molecule has 70 valence electrons. The summed E-state index contributed by atoms with van der Waals surface area (Å²) in [6.45, 7) is 2.14. The summed E-state index contributed by atoms with van der Waals surface area (Å²) in [7, 11) is 0. The molecule has 1 aromatic heterocycles. The standard InChI is InChI=1S/C10H12INO/c1-2-7-5-6-12-10(11)9(7)13-8-3-4-8/h5-6,8H,2-4H2,1H3. The van der Waals surface area contributed by atoms with Gasteiger partial charge >= 0.3 is 0 Å². The fourth-order valence-electron chi connectivity index (χ4n) is 1.21. The number of rotatable bonds is 3. The zero-order valence-electron chi connectivity index (χ0n) is 7.59. The van der Waals surface area contributed by atoms with Crippen LogP contribution < -0.4 is 4.74 Å². The summed E-state index contributed by atoms with van der Waals surface area (Å²) in [5, 5.41) is 0. The SMILES string of the molecule is CCc1ccnc(I)c1OC1CC1. The molecule has 1 heterocycles. The van der Waals surface area contributed by atoms with E-state index in [9.17, 15) is 0 Å². The third kappa shape index (κ3) is 2.13. The van der Waals surface area contributed by atoms with E-state index in [2.05, 4.69) is 34.5 Å². The van der Waals surface area contributed by atoms with E-state index in [0.717, 1.165) is 15.9 Å². The Hall–Kier alpha value is -0.320. The quantitative estimate of drug-likeness (QED) is 0.630. The van der Waals surface area contributed by atoms with Crippen molar-refractivity contribution in [3.63, 3.8) is 0 Å². The number of hydrogen-bond acceptors (Lipinski definition) is 2. The van der Waals surface area contributed by atoms with Gasteiger partial charge in [0.2, 0.25) is 0 Å². The first-order chi connectivity index (χ1) is 6.31. The molecule has 3 heteroatoms. The zero-order chi connectivity index (χ0) is 9.26. The van der Waals surface area contributed by atoms with Gasteiger partial charge in [0.05, 0.1) is 6.10 Å². The highest BCUT2D eigenvalue weighted by Crippen LogP contribution is 2.31. The van der Waals surface area contributed by atoms with E-state index >= 15 is 0 Å². The maximum atomic E-state index is 5.81. The zero-order valence-corrected chi connectivity index (χ0v) is 9.74. The summed E-state index contributed by atoms with van der Waals surface area (Å²) in [5.74, 6) is 1.01. The largest absolute Gasteiger partial charge is 0.487 e. The summed E-state index contributed by atoms with van der Waals surface area (Å²) in [5.41, 5.74) is 1.27. The number of pyridine rings is 1. The number of halogens is 1. The maximum Gasteiger partial charge on any atom is 0.154 e. The molecule has 0 unspecified atom stereocenters. The van der Waals surface area contributed by atoms with E-state index in [0.29, 0.717) is 6.10 Å². The van der Waals surface area contributed by atoms with Crippen molar-refractivity contribution >= 4 is 22.6 Å². The monoisotopic (exact) mass is 289 g/mol. The molecule has 1 saturated carbocycles. The number of ether oxygens (including phenoxy) is 1. The van der Waals surface area contributed by atoms with Crippen molar-refractivity contribution in [2.24, 2.45) is 0 Å². The van der Waals surface area contributed by atoms with Crippen LogP contribution in [0.1, 0.15) is 25.3 Å². The topological polar surface area (TPSA) is 22.1 Å². The highest BCUT2D eigenvalue weighted by Gasteiger charge is 2.25. The Morgan fingerprint density at radius 3 is 3.00 bits per heavy atom. The lowest BCUT2D eigenvalue weighted by molar-refractivity contribution is 0.296. The van der Waals surface area contributed by atoms with Gasteiger partial charge in [-0.25, -0.2) is 4.98 Å². The van der Waals surface area contributed by atoms with Gasteiger partial charge in [-0.15, -0.1) is 0 Å². The van der Waals surface area contributed by atoms with Gasteiger partial charge in [0, 0.05) is 6.20 Å². The lowest BCUT2D eigenvalue weighted by Crippen LogP contribution is -2.02. The Balaban J connectivity index is 2.27. The summed E-state index contributed by atoms with van der Waals surface area (Å²) < 4.78 is 6.80. The number of aromatic nitrogens is 1. The fraction of sp³-hybridized carbons (Fsp3) is 0.500. The van der Waals surface area contributed by atoms with Crippen molar-refractivity contribution in [1.29, 1.82) is 0 Å². The molecule has 13 heavy (non-hydrogen) atoms. The molecule has 0 saturated heterocycles. The molecule has 2 rings (SSSR count). The third-order valence-electron chi connectivity index (χ3n) is 2.13. The molecule has 0 aliphatic heterocycles. The first kappa shape index (κ1) is 9.24. The highest BCUT2D eigenvalue weighted by molar-refractivity contribution is 14.1. The highest BCUT2D eigenvalue weighted by atomic mass is 127. The maximum absolute atomic E-state index is 5.81. The van der Waals surface area contributed by atoms with Crippen LogP contribution in [-0.4, -0.2) is 11.1 Å². The summed E-state index contributed by atoms with van der Waals surface area (Å²) >= 11 is 2.23. The van der Waals surface area contributed by atoms with Gasteiger partial charge in [-0.2, -0.15) is 0 Å². The number of hydrogen-bond donors (Lipinski definition) is 0. The minimum Gasteiger partial charge on any atom is -0.487 e. The van der Waals surface area contributed by atoms with Gasteiger partial charge < -0.3 is 4.74 Å². The summed E-state index contributed by atoms with van der Waals surface area (Å²) in [4.78, 5) is 4.23. The fourth-order valence-corrected chi connectivity index (χ4v) is 1.85. The smallest absolute Gasteiger partial charge is 0.154 e. The summed E-state index contributed by atoms with van der Waals surface area (Å²) in [6, 6.07) is 2.04. The molecule has 1 aliphatic carbocycles. The Morgan fingerprint density at radius 1 is 1.62 bits per heavy atom. The van der Waals surface area contributed by atoms with Crippen LogP contribution in [0.25, 0.3) is 0 Å². The van der Waals surface area contributed by atoms with E-state index < -0.39 is 0 Å². The second-order valence-electron chi connectivity index (χ2n) is 3.26. The molecule has 1 aliphatic rings. The van der Waals surface area contributed by atoms with Crippen molar-refractivity contribution in [3.8, 4) is 5.75 Å². The molecular weight excluding hydrogens is 277 g/mol. The Labute approximate surface area is 91.8 Å². The van der Waals surface area contributed by atoms with Crippen molar-refractivity contribution in [3.05, 3.63) is 21.5 Å². The van der Waals surface area contributed by atoms with E-state index in [1.807, 2.05) is 12.3 Å². The van der Waals surface area contributed by atoms with Gasteiger partial charge in [-0.1, -0.05) is 6.92 Å². The van der Waals surface area contributed by atoms with Crippen LogP contribution in [-0.2, 0) is 6.42 Å². The number of aryl methyl sites for hydroxylation is 1. The van der Waals surface area contributed by atoms with Crippen molar-refractivity contribution in [2.75, 3.05) is 0 Å². The molecular formula is C10H12INO. The predicted octanol–water partition coefficient (Wildman–Crippen LogP) is 2.79. The predicted molar refractivity (Wildman–Crippen MR) is 60.0 cm³/mol. The molecule has 0 aromatic carbocycles. The van der Waals surface area contributed by atoms with Gasteiger partial charge in [0.1, 0.15) is 3.70 Å². The van der Waals surface area contributed by atoms with Crippen LogP contribution in [0, 0.1) is 3.70 Å². The third-order valence-corrected chi connectivity index (χ3v) is 2.90. The number of nitrogens with zero attached hydrogens (tertiary/aromatic N) is 1. The van der Waals surface area contributed by atoms with E-state index in [-0.39, 0.29) is 0 Å². The van der Waals surface area contributed by atoms with Crippen molar-refractivity contribution in [1.82, 2.24) is 4.98 Å². The van der Waals surface area contributed by atoms with Crippen LogP contribution in [0.4, 0.5) is 0 Å². The first-order valence-electron chi connectivity index (χ1n) is 4.61. The molecule has 0 radical (unpaired) electrons. The average Bonchev–Trinajstić information content (AvgIpc) is 2.92. The average molecular weight is 289 g/mol. The van der Waals surface area contributed by atoms with Crippen LogP contribution in [0.5, 0.6) is 5.75 Å². The minimum atomic E-state index is 0.461.